The van der Waals surface area contributed by atoms with Gasteiger partial charge in [0.25, 0.3) is 5.91 Å². The molecule has 4 aromatic rings. The molecule has 3 heterocycles. The lowest BCUT2D eigenvalue weighted by Crippen LogP contribution is -2.36. The van der Waals surface area contributed by atoms with E-state index in [1.165, 1.54) is 24.3 Å². The minimum atomic E-state index is -2.92. The van der Waals surface area contributed by atoms with Crippen LogP contribution in [0.1, 0.15) is 16.1 Å². The van der Waals surface area contributed by atoms with E-state index in [0.717, 1.165) is 60.4 Å². The van der Waals surface area contributed by atoms with Crippen LogP contribution in [0, 0.1) is 0 Å². The number of anilines is 1. The topological polar surface area (TPSA) is 81.5 Å². The number of hydrogen-bond donors (Lipinski definition) is 1. The van der Waals surface area contributed by atoms with Crippen LogP contribution in [-0.2, 0) is 18.3 Å². The fourth-order valence-electron chi connectivity index (χ4n) is 4.22. The molecule has 8 nitrogen and oxygen atoms in total. The van der Waals surface area contributed by atoms with Crippen LogP contribution in [0.2, 0.25) is 0 Å². The second-order valence-corrected chi connectivity index (χ2v) is 8.51. The van der Waals surface area contributed by atoms with Gasteiger partial charge in [0.2, 0.25) is 0 Å². The average Bonchev–Trinajstić information content (AvgIpc) is 3.24. The van der Waals surface area contributed by atoms with Crippen LogP contribution in [-0.4, -0.2) is 58.5 Å². The number of morpholine rings is 1. The molecule has 0 radical (unpaired) electrons. The Morgan fingerprint density at radius 2 is 1.86 bits per heavy atom. The maximum atomic E-state index is 12.6. The van der Waals surface area contributed by atoms with Gasteiger partial charge in [-0.25, -0.2) is 4.98 Å². The van der Waals surface area contributed by atoms with Gasteiger partial charge >= 0.3 is 6.61 Å². The van der Waals surface area contributed by atoms with Crippen molar-refractivity contribution in [2.45, 2.75) is 13.2 Å². The summed E-state index contributed by atoms with van der Waals surface area (Å²) in [6.07, 6.45) is 3.58. The molecule has 2 aromatic carbocycles. The summed E-state index contributed by atoms with van der Waals surface area (Å²) >= 11 is 0. The number of aromatic nitrogens is 3. The fraction of sp³-hybridized carbons (Fsp3) is 0.269. The number of amides is 1. The average molecular weight is 494 g/mol. The highest BCUT2D eigenvalue weighted by molar-refractivity contribution is 6.04. The summed E-state index contributed by atoms with van der Waals surface area (Å²) in [7, 11) is 1.95. The highest BCUT2D eigenvalue weighted by atomic mass is 19.3. The molecule has 0 aliphatic carbocycles. The molecule has 1 fully saturated rings. The molecular weight excluding hydrogens is 468 g/mol. The van der Waals surface area contributed by atoms with Gasteiger partial charge in [-0.1, -0.05) is 12.1 Å². The van der Waals surface area contributed by atoms with E-state index >= 15 is 0 Å². The predicted molar refractivity (Wildman–Crippen MR) is 131 cm³/mol. The summed E-state index contributed by atoms with van der Waals surface area (Å²) in [5.41, 5.74) is 3.50. The molecule has 0 spiro atoms. The van der Waals surface area contributed by atoms with E-state index in [0.29, 0.717) is 11.4 Å². The number of benzene rings is 2. The van der Waals surface area contributed by atoms with Crippen molar-refractivity contribution in [2.75, 3.05) is 31.6 Å². The normalized spacial score (nSPS) is 14.3. The van der Waals surface area contributed by atoms with Gasteiger partial charge in [0.05, 0.1) is 25.1 Å². The number of carbonyl (C=O) groups excluding carboxylic acids is 1. The van der Waals surface area contributed by atoms with Crippen molar-refractivity contribution in [2.24, 2.45) is 7.05 Å². The molecule has 1 amide bonds. The number of carbonyl (C=O) groups is 1. The maximum Gasteiger partial charge on any atom is 0.387 e. The molecule has 36 heavy (non-hydrogen) atoms. The summed E-state index contributed by atoms with van der Waals surface area (Å²) in [4.78, 5) is 19.3. The number of nitrogens with zero attached hydrogens (tertiary/aromatic N) is 4. The highest BCUT2D eigenvalue weighted by Crippen LogP contribution is 2.29. The summed E-state index contributed by atoms with van der Waals surface area (Å²) in [5.74, 6) is -0.0276. The molecule has 10 heteroatoms. The standard InChI is InChI=1S/C26H25F2N5O3/c1-32-23(16-33-8-10-35-11-9-33)22(15-30-32)18-2-3-19-14-29-24(13-20(19)12-18)31-25(34)17-4-6-21(7-5-17)36-26(27)28/h2-7,12-15,26H,8-11,16H2,1H3,(H,29,31,34). The first-order valence-corrected chi connectivity index (χ1v) is 11.5. The Labute approximate surface area is 206 Å². The van der Waals surface area contributed by atoms with E-state index in [9.17, 15) is 13.6 Å². The number of aryl methyl sites for hydroxylation is 1. The Balaban J connectivity index is 1.36. The van der Waals surface area contributed by atoms with Crippen LogP contribution >= 0.6 is 0 Å². The van der Waals surface area contributed by atoms with Gasteiger partial charge in [-0.15, -0.1) is 0 Å². The quantitative estimate of drug-likeness (QED) is 0.413. The molecule has 1 aliphatic rings. The van der Waals surface area contributed by atoms with Crippen molar-refractivity contribution in [3.63, 3.8) is 0 Å². The molecule has 1 aliphatic heterocycles. The molecule has 0 bridgehead atoms. The monoisotopic (exact) mass is 493 g/mol. The molecule has 0 atom stereocenters. The number of alkyl halides is 2. The van der Waals surface area contributed by atoms with Crippen LogP contribution in [0.15, 0.2) is 60.9 Å². The Morgan fingerprint density at radius 3 is 2.61 bits per heavy atom. The molecule has 5 rings (SSSR count). The van der Waals surface area contributed by atoms with Crippen molar-refractivity contribution >= 4 is 22.5 Å². The van der Waals surface area contributed by atoms with Gasteiger partial charge in [0.15, 0.2) is 0 Å². The molecule has 1 N–H and O–H groups in total. The zero-order chi connectivity index (χ0) is 25.1. The van der Waals surface area contributed by atoms with Crippen LogP contribution in [0.25, 0.3) is 21.9 Å². The Hall–Kier alpha value is -3.89. The van der Waals surface area contributed by atoms with E-state index in [1.54, 1.807) is 6.20 Å². The molecule has 0 saturated carbocycles. The third-order valence-electron chi connectivity index (χ3n) is 6.15. The summed E-state index contributed by atoms with van der Waals surface area (Å²) < 4.78 is 36.4. The Kier molecular flexibility index (Phi) is 6.88. The number of ether oxygens (including phenoxy) is 2. The lowest BCUT2D eigenvalue weighted by atomic mass is 10.0. The lowest BCUT2D eigenvalue weighted by molar-refractivity contribution is -0.0498. The first kappa shape index (κ1) is 23.8. The predicted octanol–water partition coefficient (Wildman–Crippen LogP) is 4.32. The van der Waals surface area contributed by atoms with Crippen LogP contribution in [0.4, 0.5) is 14.6 Å². The molecule has 0 unspecified atom stereocenters. The minimum Gasteiger partial charge on any atom is -0.435 e. The van der Waals surface area contributed by atoms with Crippen LogP contribution in [0.5, 0.6) is 5.75 Å². The smallest absolute Gasteiger partial charge is 0.387 e. The fourth-order valence-corrected chi connectivity index (χ4v) is 4.22. The van der Waals surface area contributed by atoms with Gasteiger partial charge < -0.3 is 14.8 Å². The van der Waals surface area contributed by atoms with Crippen molar-refractivity contribution < 1.29 is 23.0 Å². The molecular formula is C26H25F2N5O3. The maximum absolute atomic E-state index is 12.6. The third kappa shape index (κ3) is 5.34. The number of nitrogens with one attached hydrogen (secondary N) is 1. The minimum absolute atomic E-state index is 0.0127. The lowest BCUT2D eigenvalue weighted by Gasteiger charge is -2.27. The van der Waals surface area contributed by atoms with Crippen molar-refractivity contribution in [3.05, 3.63) is 72.2 Å². The number of pyridine rings is 1. The van der Waals surface area contributed by atoms with E-state index in [-0.39, 0.29) is 5.75 Å². The number of halogens is 2. The van der Waals surface area contributed by atoms with Gasteiger partial charge in [0, 0.05) is 49.4 Å². The zero-order valence-electron chi connectivity index (χ0n) is 19.7. The molecule has 2 aromatic heterocycles. The van der Waals surface area contributed by atoms with E-state index in [1.807, 2.05) is 36.1 Å². The van der Waals surface area contributed by atoms with E-state index < -0.39 is 12.5 Å². The van der Waals surface area contributed by atoms with Gasteiger partial charge in [-0.05, 0) is 47.3 Å². The number of hydrogen-bond acceptors (Lipinski definition) is 6. The largest absolute Gasteiger partial charge is 0.435 e. The molecule has 186 valence electrons. The summed E-state index contributed by atoms with van der Waals surface area (Å²) in [6.45, 7) is 1.11. The van der Waals surface area contributed by atoms with Gasteiger partial charge in [-0.3, -0.25) is 14.4 Å². The molecule has 1 saturated heterocycles. The zero-order valence-corrected chi connectivity index (χ0v) is 19.7. The second-order valence-electron chi connectivity index (χ2n) is 8.51. The van der Waals surface area contributed by atoms with Crippen molar-refractivity contribution in [1.82, 2.24) is 19.7 Å². The Morgan fingerprint density at radius 1 is 1.08 bits per heavy atom. The Bertz CT molecular complexity index is 1370. The van der Waals surface area contributed by atoms with Gasteiger partial charge in [-0.2, -0.15) is 13.9 Å². The van der Waals surface area contributed by atoms with E-state index in [2.05, 4.69) is 31.1 Å². The van der Waals surface area contributed by atoms with Crippen LogP contribution < -0.4 is 10.1 Å². The SMILES string of the molecule is Cn1ncc(-c2ccc3cnc(NC(=O)c4ccc(OC(F)F)cc4)cc3c2)c1CN1CCOCC1. The number of rotatable bonds is 7. The van der Waals surface area contributed by atoms with Crippen molar-refractivity contribution in [3.8, 4) is 16.9 Å². The highest BCUT2D eigenvalue weighted by Gasteiger charge is 2.17. The first-order valence-electron chi connectivity index (χ1n) is 11.5. The summed E-state index contributed by atoms with van der Waals surface area (Å²) in [6, 6.07) is 13.4. The first-order chi connectivity index (χ1) is 17.5. The summed E-state index contributed by atoms with van der Waals surface area (Å²) in [5, 5.41) is 9.11. The third-order valence-corrected chi connectivity index (χ3v) is 6.15. The second kappa shape index (κ2) is 10.4. The van der Waals surface area contributed by atoms with Gasteiger partial charge in [0.1, 0.15) is 11.6 Å². The van der Waals surface area contributed by atoms with E-state index in [4.69, 9.17) is 4.74 Å². The van der Waals surface area contributed by atoms with Crippen LogP contribution in [0.3, 0.4) is 0 Å². The van der Waals surface area contributed by atoms with Crippen molar-refractivity contribution in [1.29, 1.82) is 0 Å². The number of fused-ring (bicyclic) bond motifs is 1.